The monoisotopic (exact) mass is 403 g/mol. The van der Waals surface area contributed by atoms with Gasteiger partial charge in [-0.1, -0.05) is 42.5 Å². The maximum Gasteiger partial charge on any atom is 0.218 e. The number of benzene rings is 2. The zero-order valence-electron chi connectivity index (χ0n) is 15.5. The van der Waals surface area contributed by atoms with Crippen molar-refractivity contribution in [3.8, 4) is 0 Å². The van der Waals surface area contributed by atoms with Crippen LogP contribution < -0.4 is 0 Å². The number of nitrogens with zero attached hydrogens (tertiary/aromatic N) is 3. The second-order valence-electron chi connectivity index (χ2n) is 7.00. The van der Waals surface area contributed by atoms with Crippen LogP contribution in [0.15, 0.2) is 54.6 Å². The maximum atomic E-state index is 14.5. The molecule has 148 valence electrons. The Morgan fingerprint density at radius 1 is 1.11 bits per heavy atom. The fraction of sp³-hybridized carbons (Fsp3) is 0.350. The molecule has 8 heteroatoms. The molecule has 0 radical (unpaired) electrons. The van der Waals surface area contributed by atoms with E-state index in [1.807, 2.05) is 41.9 Å². The summed E-state index contributed by atoms with van der Waals surface area (Å²) in [4.78, 5) is 4.51. The van der Waals surface area contributed by atoms with Gasteiger partial charge in [0.05, 0.1) is 16.8 Å². The number of fused-ring (bicyclic) bond motifs is 1. The highest BCUT2D eigenvalue weighted by atomic mass is 32.2. The van der Waals surface area contributed by atoms with Crippen LogP contribution in [0.5, 0.6) is 0 Å². The molecule has 4 rings (SSSR count). The SMILES string of the molecule is Cn1c(CO[C@H]2CN(S(=O)(=O)Cc3ccccc3)C[C@H]2F)nc2ccccc21. The summed E-state index contributed by atoms with van der Waals surface area (Å²) >= 11 is 0. The Hall–Kier alpha value is -2.29. The smallest absolute Gasteiger partial charge is 0.218 e. The number of hydrogen-bond donors (Lipinski definition) is 0. The van der Waals surface area contributed by atoms with E-state index in [4.69, 9.17) is 4.74 Å². The van der Waals surface area contributed by atoms with Gasteiger partial charge in [-0.05, 0) is 17.7 Å². The molecule has 2 atom stereocenters. The molecule has 3 aromatic rings. The minimum absolute atomic E-state index is 0.0142. The Balaban J connectivity index is 1.42. The molecule has 0 bridgehead atoms. The predicted octanol–water partition coefficient (Wildman–Crippen LogP) is 2.64. The van der Waals surface area contributed by atoms with Crippen LogP contribution in [0.25, 0.3) is 11.0 Å². The molecule has 1 aliphatic rings. The van der Waals surface area contributed by atoms with Gasteiger partial charge >= 0.3 is 0 Å². The lowest BCUT2D eigenvalue weighted by Crippen LogP contribution is -2.31. The Morgan fingerprint density at radius 3 is 2.57 bits per heavy atom. The van der Waals surface area contributed by atoms with Gasteiger partial charge in [0.25, 0.3) is 0 Å². The fourth-order valence-corrected chi connectivity index (χ4v) is 5.01. The van der Waals surface area contributed by atoms with Crippen LogP contribution >= 0.6 is 0 Å². The van der Waals surface area contributed by atoms with Crippen LogP contribution in [-0.2, 0) is 34.2 Å². The van der Waals surface area contributed by atoms with E-state index < -0.39 is 22.3 Å². The van der Waals surface area contributed by atoms with Crippen molar-refractivity contribution in [2.75, 3.05) is 13.1 Å². The number of sulfonamides is 1. The molecule has 0 saturated carbocycles. The lowest BCUT2D eigenvalue weighted by molar-refractivity contribution is 0.00895. The van der Waals surface area contributed by atoms with Crippen LogP contribution in [0.4, 0.5) is 4.39 Å². The minimum atomic E-state index is -3.60. The molecule has 1 fully saturated rings. The van der Waals surface area contributed by atoms with Crippen molar-refractivity contribution < 1.29 is 17.5 Å². The van der Waals surface area contributed by atoms with Gasteiger partial charge in [-0.3, -0.25) is 0 Å². The largest absolute Gasteiger partial charge is 0.366 e. The summed E-state index contributed by atoms with van der Waals surface area (Å²) in [6.45, 7) is -0.0362. The molecule has 1 aliphatic heterocycles. The van der Waals surface area contributed by atoms with Crippen LogP contribution in [0.1, 0.15) is 11.4 Å². The van der Waals surface area contributed by atoms with E-state index in [0.29, 0.717) is 11.4 Å². The number of para-hydroxylation sites is 2. The lowest BCUT2D eigenvalue weighted by atomic mass is 10.2. The van der Waals surface area contributed by atoms with Gasteiger partial charge in [-0.15, -0.1) is 0 Å². The van der Waals surface area contributed by atoms with Crippen LogP contribution in [0.2, 0.25) is 0 Å². The van der Waals surface area contributed by atoms with E-state index in [2.05, 4.69) is 4.98 Å². The number of hydrogen-bond acceptors (Lipinski definition) is 4. The third-order valence-corrected chi connectivity index (χ3v) is 6.84. The second-order valence-corrected chi connectivity index (χ2v) is 8.97. The minimum Gasteiger partial charge on any atom is -0.366 e. The molecule has 0 amide bonds. The number of alkyl halides is 1. The second kappa shape index (κ2) is 7.62. The lowest BCUT2D eigenvalue weighted by Gasteiger charge is -2.16. The van der Waals surface area contributed by atoms with Crippen molar-refractivity contribution in [3.63, 3.8) is 0 Å². The zero-order valence-corrected chi connectivity index (χ0v) is 16.3. The average Bonchev–Trinajstić information content (AvgIpc) is 3.21. The molecule has 6 nitrogen and oxygen atoms in total. The van der Waals surface area contributed by atoms with Crippen LogP contribution in [0, 0.1) is 0 Å². The molecule has 0 spiro atoms. The quantitative estimate of drug-likeness (QED) is 0.635. The van der Waals surface area contributed by atoms with E-state index in [0.717, 1.165) is 11.0 Å². The standard InChI is InChI=1S/C20H22FN3O3S/c1-23-18-10-6-5-9-17(18)22-20(23)13-27-19-12-24(11-16(19)21)28(25,26)14-15-7-3-2-4-8-15/h2-10,16,19H,11-14H2,1H3/t16-,19+/m1/s1. The summed E-state index contributed by atoms with van der Waals surface area (Å²) in [5.74, 6) is 0.539. The maximum absolute atomic E-state index is 14.5. The van der Waals surface area contributed by atoms with E-state index in [1.165, 1.54) is 4.31 Å². The summed E-state index contributed by atoms with van der Waals surface area (Å²) in [5.41, 5.74) is 2.50. The summed E-state index contributed by atoms with van der Waals surface area (Å²) in [6.07, 6.45) is -2.16. The first-order valence-electron chi connectivity index (χ1n) is 9.12. The van der Waals surface area contributed by atoms with E-state index in [1.54, 1.807) is 24.3 Å². The Morgan fingerprint density at radius 2 is 1.82 bits per heavy atom. The summed E-state index contributed by atoms with van der Waals surface area (Å²) in [7, 11) is -1.72. The highest BCUT2D eigenvalue weighted by molar-refractivity contribution is 7.88. The van der Waals surface area contributed by atoms with Gasteiger partial charge in [0, 0.05) is 20.1 Å². The van der Waals surface area contributed by atoms with Gasteiger partial charge < -0.3 is 9.30 Å². The molecule has 0 N–H and O–H groups in total. The Labute approximate surface area is 163 Å². The van der Waals surface area contributed by atoms with Crippen molar-refractivity contribution in [3.05, 3.63) is 66.0 Å². The third kappa shape index (κ3) is 3.80. The Bertz CT molecular complexity index is 1070. The van der Waals surface area contributed by atoms with Gasteiger partial charge in [0.1, 0.15) is 24.7 Å². The number of halogens is 1. The molecule has 28 heavy (non-hydrogen) atoms. The Kier molecular flexibility index (Phi) is 5.18. The molecule has 0 unspecified atom stereocenters. The van der Waals surface area contributed by atoms with Crippen LogP contribution in [0.3, 0.4) is 0 Å². The number of aryl methyl sites for hydroxylation is 1. The third-order valence-electron chi connectivity index (χ3n) is 5.06. The van der Waals surface area contributed by atoms with Crippen LogP contribution in [-0.4, -0.2) is 47.6 Å². The van der Waals surface area contributed by atoms with Gasteiger partial charge in [0.15, 0.2) is 0 Å². The van der Waals surface area contributed by atoms with E-state index in [9.17, 15) is 12.8 Å². The van der Waals surface area contributed by atoms with Crippen molar-refractivity contribution in [1.29, 1.82) is 0 Å². The number of aromatic nitrogens is 2. The normalized spacial score (nSPS) is 20.8. The van der Waals surface area contributed by atoms with E-state index in [-0.39, 0.29) is 25.4 Å². The molecule has 2 aromatic carbocycles. The van der Waals surface area contributed by atoms with Crippen molar-refractivity contribution in [2.45, 2.75) is 24.6 Å². The van der Waals surface area contributed by atoms with Gasteiger partial charge in [0.2, 0.25) is 10.0 Å². The summed E-state index contributed by atoms with van der Waals surface area (Å²) < 4.78 is 48.5. The topological polar surface area (TPSA) is 64.4 Å². The van der Waals surface area contributed by atoms with Gasteiger partial charge in [-0.2, -0.15) is 4.31 Å². The van der Waals surface area contributed by atoms with Crippen molar-refractivity contribution in [1.82, 2.24) is 13.9 Å². The van der Waals surface area contributed by atoms with Gasteiger partial charge in [-0.25, -0.2) is 17.8 Å². The molecular weight excluding hydrogens is 381 g/mol. The summed E-state index contributed by atoms with van der Waals surface area (Å²) in [6, 6.07) is 16.6. The molecule has 0 aliphatic carbocycles. The van der Waals surface area contributed by atoms with Crippen molar-refractivity contribution >= 4 is 21.1 Å². The average molecular weight is 403 g/mol. The summed E-state index contributed by atoms with van der Waals surface area (Å²) in [5, 5.41) is 0. The zero-order chi connectivity index (χ0) is 19.7. The highest BCUT2D eigenvalue weighted by Gasteiger charge is 2.39. The number of imidazole rings is 1. The molecule has 1 saturated heterocycles. The first kappa shape index (κ1) is 19.0. The predicted molar refractivity (Wildman–Crippen MR) is 105 cm³/mol. The molecular formula is C20H22FN3O3S. The first-order valence-corrected chi connectivity index (χ1v) is 10.7. The molecule has 1 aromatic heterocycles. The van der Waals surface area contributed by atoms with Crippen molar-refractivity contribution in [2.24, 2.45) is 7.05 Å². The van der Waals surface area contributed by atoms with E-state index >= 15 is 0 Å². The first-order chi connectivity index (χ1) is 13.4. The fourth-order valence-electron chi connectivity index (χ4n) is 3.47. The number of rotatable bonds is 6. The molecule has 2 heterocycles. The number of ether oxygens (including phenoxy) is 1. The highest BCUT2D eigenvalue weighted by Crippen LogP contribution is 2.23.